The van der Waals surface area contributed by atoms with E-state index in [-0.39, 0.29) is 18.1 Å². The molecule has 0 saturated carbocycles. The minimum atomic E-state index is -0.199. The van der Waals surface area contributed by atoms with Crippen molar-refractivity contribution in [3.8, 4) is 5.75 Å². The summed E-state index contributed by atoms with van der Waals surface area (Å²) in [5.74, 6) is 0.482. The smallest absolute Gasteiger partial charge is 0.258 e. The zero-order chi connectivity index (χ0) is 14.3. The third-order valence-electron chi connectivity index (χ3n) is 2.89. The first-order valence-electron chi connectivity index (χ1n) is 6.50. The molecule has 0 aromatic carbocycles. The van der Waals surface area contributed by atoms with Crippen LogP contribution in [-0.4, -0.2) is 30.1 Å². The van der Waals surface area contributed by atoms with Crippen molar-refractivity contribution < 1.29 is 9.53 Å². The average Bonchev–Trinajstić information content (AvgIpc) is 2.38. The van der Waals surface area contributed by atoms with Gasteiger partial charge in [-0.25, -0.2) is 0 Å². The molecule has 0 bridgehead atoms. The first kappa shape index (κ1) is 15.4. The Labute approximate surface area is 114 Å². The lowest BCUT2D eigenvalue weighted by atomic mass is 10.0. The lowest BCUT2D eigenvalue weighted by Gasteiger charge is -2.24. The topological polar surface area (TPSA) is 63.2 Å². The van der Waals surface area contributed by atoms with Gasteiger partial charge < -0.3 is 15.4 Å². The molecular weight excluding hydrogens is 242 g/mol. The van der Waals surface area contributed by atoms with Crippen LogP contribution in [0.25, 0.3) is 0 Å². The van der Waals surface area contributed by atoms with Gasteiger partial charge in [-0.1, -0.05) is 6.92 Å². The van der Waals surface area contributed by atoms with Crippen LogP contribution in [-0.2, 0) is 11.3 Å². The lowest BCUT2D eigenvalue weighted by Crippen LogP contribution is -2.44. The lowest BCUT2D eigenvalue weighted by molar-refractivity contribution is -0.124. The van der Waals surface area contributed by atoms with E-state index in [0.717, 1.165) is 12.1 Å². The molecule has 0 unspecified atom stereocenters. The van der Waals surface area contributed by atoms with E-state index in [0.29, 0.717) is 12.3 Å². The number of amides is 1. The monoisotopic (exact) mass is 265 g/mol. The van der Waals surface area contributed by atoms with Crippen molar-refractivity contribution in [2.45, 2.75) is 39.3 Å². The van der Waals surface area contributed by atoms with E-state index in [1.165, 1.54) is 0 Å². The van der Waals surface area contributed by atoms with Crippen molar-refractivity contribution >= 4 is 5.91 Å². The highest BCUT2D eigenvalue weighted by Crippen LogP contribution is 2.10. The number of carbonyl (C=O) groups is 1. The van der Waals surface area contributed by atoms with Gasteiger partial charge in [0, 0.05) is 12.1 Å². The van der Waals surface area contributed by atoms with Crippen molar-refractivity contribution in [3.05, 3.63) is 24.0 Å². The Kier molecular flexibility index (Phi) is 5.76. The van der Waals surface area contributed by atoms with Crippen LogP contribution in [0.15, 0.2) is 18.3 Å². The van der Waals surface area contributed by atoms with E-state index >= 15 is 0 Å². The molecule has 0 aliphatic rings. The number of rotatable bonds is 7. The minimum Gasteiger partial charge on any atom is -0.482 e. The molecule has 0 saturated heterocycles. The molecule has 1 heterocycles. The third kappa shape index (κ3) is 5.70. The fourth-order valence-corrected chi connectivity index (χ4v) is 1.43. The van der Waals surface area contributed by atoms with Gasteiger partial charge in [0.05, 0.1) is 11.9 Å². The maximum Gasteiger partial charge on any atom is 0.258 e. The predicted molar refractivity (Wildman–Crippen MR) is 75.0 cm³/mol. The van der Waals surface area contributed by atoms with Gasteiger partial charge in [0.2, 0.25) is 0 Å². The minimum absolute atomic E-state index is 0.0104. The van der Waals surface area contributed by atoms with Crippen molar-refractivity contribution in [1.82, 2.24) is 15.6 Å². The van der Waals surface area contributed by atoms with Crippen molar-refractivity contribution in [2.75, 3.05) is 13.7 Å². The zero-order valence-corrected chi connectivity index (χ0v) is 12.1. The van der Waals surface area contributed by atoms with Gasteiger partial charge in [-0.15, -0.1) is 0 Å². The molecule has 2 N–H and O–H groups in total. The van der Waals surface area contributed by atoms with Gasteiger partial charge in [0.15, 0.2) is 6.61 Å². The van der Waals surface area contributed by atoms with Crippen LogP contribution >= 0.6 is 0 Å². The Morgan fingerprint density at radius 2 is 2.16 bits per heavy atom. The van der Waals surface area contributed by atoms with Crippen LogP contribution in [0.3, 0.4) is 0 Å². The van der Waals surface area contributed by atoms with E-state index in [1.54, 1.807) is 6.20 Å². The van der Waals surface area contributed by atoms with Crippen LogP contribution in [0.1, 0.15) is 32.9 Å². The van der Waals surface area contributed by atoms with Crippen LogP contribution in [0, 0.1) is 0 Å². The second-order valence-electron chi connectivity index (χ2n) is 5.09. The van der Waals surface area contributed by atoms with Gasteiger partial charge >= 0.3 is 0 Å². The quantitative estimate of drug-likeness (QED) is 0.784. The van der Waals surface area contributed by atoms with Gasteiger partial charge in [0.1, 0.15) is 5.75 Å². The second-order valence-corrected chi connectivity index (χ2v) is 5.09. The van der Waals surface area contributed by atoms with Crippen molar-refractivity contribution in [3.63, 3.8) is 0 Å². The van der Waals surface area contributed by atoms with E-state index in [1.807, 2.05) is 40.0 Å². The van der Waals surface area contributed by atoms with E-state index in [2.05, 4.69) is 15.6 Å². The van der Waals surface area contributed by atoms with Crippen LogP contribution in [0.2, 0.25) is 0 Å². The average molecular weight is 265 g/mol. The summed E-state index contributed by atoms with van der Waals surface area (Å²) in [4.78, 5) is 15.9. The largest absolute Gasteiger partial charge is 0.482 e. The SMILES string of the molecule is CCC(C)(C)NC(=O)COc1ccc(CNC)nc1. The summed E-state index contributed by atoms with van der Waals surface area (Å²) in [6.45, 7) is 6.73. The first-order chi connectivity index (χ1) is 8.96. The Morgan fingerprint density at radius 3 is 2.68 bits per heavy atom. The summed E-state index contributed by atoms with van der Waals surface area (Å²) in [7, 11) is 1.87. The van der Waals surface area contributed by atoms with Crippen LogP contribution < -0.4 is 15.4 Å². The molecule has 0 spiro atoms. The molecule has 0 atom stereocenters. The second kappa shape index (κ2) is 7.09. The molecule has 1 amide bonds. The predicted octanol–water partition coefficient (Wildman–Crippen LogP) is 1.48. The normalized spacial score (nSPS) is 11.2. The highest BCUT2D eigenvalue weighted by molar-refractivity contribution is 5.78. The molecule has 0 aliphatic carbocycles. The highest BCUT2D eigenvalue weighted by Gasteiger charge is 2.17. The molecule has 1 rings (SSSR count). The Balaban J connectivity index is 2.42. The highest BCUT2D eigenvalue weighted by atomic mass is 16.5. The number of nitrogens with one attached hydrogen (secondary N) is 2. The van der Waals surface area contributed by atoms with Crippen LogP contribution in [0.4, 0.5) is 0 Å². The van der Waals surface area contributed by atoms with Crippen molar-refractivity contribution in [2.24, 2.45) is 0 Å². The molecule has 0 radical (unpaired) electrons. The molecule has 106 valence electrons. The number of aromatic nitrogens is 1. The third-order valence-corrected chi connectivity index (χ3v) is 2.89. The number of hydrogen-bond donors (Lipinski definition) is 2. The van der Waals surface area contributed by atoms with Gasteiger partial charge in [-0.2, -0.15) is 0 Å². The van der Waals surface area contributed by atoms with E-state index in [9.17, 15) is 4.79 Å². The molecule has 5 heteroatoms. The molecule has 0 aliphatic heterocycles. The number of hydrogen-bond acceptors (Lipinski definition) is 4. The van der Waals surface area contributed by atoms with E-state index in [4.69, 9.17) is 4.74 Å². The molecule has 5 nitrogen and oxygen atoms in total. The summed E-state index contributed by atoms with van der Waals surface area (Å²) in [5, 5.41) is 5.93. The molecule has 1 aromatic rings. The van der Waals surface area contributed by atoms with E-state index < -0.39 is 0 Å². The fourth-order valence-electron chi connectivity index (χ4n) is 1.43. The molecule has 1 aromatic heterocycles. The Hall–Kier alpha value is -1.62. The summed E-state index contributed by atoms with van der Waals surface area (Å²) < 4.78 is 5.40. The van der Waals surface area contributed by atoms with Gasteiger partial charge in [0.25, 0.3) is 5.91 Å². The maximum atomic E-state index is 11.7. The standard InChI is InChI=1S/C14H23N3O2/c1-5-14(2,3)17-13(18)10-19-12-7-6-11(8-15-4)16-9-12/h6-7,9,15H,5,8,10H2,1-4H3,(H,17,18). The maximum absolute atomic E-state index is 11.7. The van der Waals surface area contributed by atoms with Gasteiger partial charge in [-0.05, 0) is 39.4 Å². The summed E-state index contributed by atoms with van der Waals surface area (Å²) in [6, 6.07) is 3.69. The Morgan fingerprint density at radius 1 is 1.42 bits per heavy atom. The zero-order valence-electron chi connectivity index (χ0n) is 12.1. The summed E-state index contributed by atoms with van der Waals surface area (Å²) in [6.07, 6.45) is 2.50. The fraction of sp³-hybridized carbons (Fsp3) is 0.571. The molecule has 0 fully saturated rings. The molecule has 19 heavy (non-hydrogen) atoms. The Bertz CT molecular complexity index is 402. The number of ether oxygens (including phenoxy) is 1. The van der Waals surface area contributed by atoms with Crippen molar-refractivity contribution in [1.29, 1.82) is 0 Å². The number of nitrogens with zero attached hydrogens (tertiary/aromatic N) is 1. The van der Waals surface area contributed by atoms with Crippen LogP contribution in [0.5, 0.6) is 5.75 Å². The number of carbonyl (C=O) groups excluding carboxylic acids is 1. The summed E-state index contributed by atoms with van der Waals surface area (Å²) in [5.41, 5.74) is 0.737. The summed E-state index contributed by atoms with van der Waals surface area (Å²) >= 11 is 0. The number of pyridine rings is 1. The first-order valence-corrected chi connectivity index (χ1v) is 6.50. The molecular formula is C14H23N3O2. The van der Waals surface area contributed by atoms with Gasteiger partial charge in [-0.3, -0.25) is 9.78 Å².